The van der Waals surface area contributed by atoms with Crippen LogP contribution in [0.4, 0.5) is 0 Å². The number of hydrogen-bond acceptors (Lipinski definition) is 3. The van der Waals surface area contributed by atoms with Crippen molar-refractivity contribution in [3.05, 3.63) is 46.5 Å². The molecule has 0 spiro atoms. The van der Waals surface area contributed by atoms with E-state index < -0.39 is 0 Å². The van der Waals surface area contributed by atoms with Gasteiger partial charge in [-0.3, -0.25) is 5.10 Å². The molecule has 2 heterocycles. The van der Waals surface area contributed by atoms with E-state index in [0.717, 1.165) is 35.2 Å². The Labute approximate surface area is 111 Å². The highest BCUT2D eigenvalue weighted by Crippen LogP contribution is 2.21. The number of nitrogens with one attached hydrogen (secondary N) is 2. The van der Waals surface area contributed by atoms with Crippen LogP contribution in [0.2, 0.25) is 5.02 Å². The molecule has 2 aromatic rings. The normalized spacial score (nSPS) is 19.3. The van der Waals surface area contributed by atoms with Crippen LogP contribution in [0, 0.1) is 0 Å². The molecule has 94 valence electrons. The lowest BCUT2D eigenvalue weighted by molar-refractivity contribution is 0.607. The first-order valence-corrected chi connectivity index (χ1v) is 6.58. The zero-order chi connectivity index (χ0) is 12.4. The maximum Gasteiger partial charge on any atom is 0.167 e. The number of nitrogens with zero attached hydrogens (tertiary/aromatic N) is 2. The van der Waals surface area contributed by atoms with Gasteiger partial charge in [-0.05, 0) is 31.0 Å². The molecule has 1 atom stereocenters. The Bertz CT molecular complexity index is 531. The van der Waals surface area contributed by atoms with Gasteiger partial charge in [0.2, 0.25) is 0 Å². The smallest absolute Gasteiger partial charge is 0.167 e. The summed E-state index contributed by atoms with van der Waals surface area (Å²) in [6.45, 7) is 1.05. The topological polar surface area (TPSA) is 53.6 Å². The Hall–Kier alpha value is -1.39. The average Bonchev–Trinajstić information content (AvgIpc) is 3.02. The van der Waals surface area contributed by atoms with Gasteiger partial charge in [-0.2, -0.15) is 5.10 Å². The zero-order valence-corrected chi connectivity index (χ0v) is 10.7. The fourth-order valence-corrected chi connectivity index (χ4v) is 2.47. The number of aromatic nitrogens is 3. The molecular weight excluding hydrogens is 248 g/mol. The molecule has 0 aliphatic carbocycles. The summed E-state index contributed by atoms with van der Waals surface area (Å²) < 4.78 is 0. The molecule has 18 heavy (non-hydrogen) atoms. The molecule has 1 saturated heterocycles. The third kappa shape index (κ3) is 2.40. The van der Waals surface area contributed by atoms with Crippen LogP contribution in [-0.2, 0) is 6.42 Å². The van der Waals surface area contributed by atoms with Gasteiger partial charge in [0.1, 0.15) is 5.82 Å². The van der Waals surface area contributed by atoms with Crippen LogP contribution in [0.3, 0.4) is 0 Å². The van der Waals surface area contributed by atoms with Gasteiger partial charge in [-0.25, -0.2) is 4.98 Å². The van der Waals surface area contributed by atoms with Crippen LogP contribution >= 0.6 is 11.6 Å². The molecule has 1 aromatic heterocycles. The number of rotatable bonds is 3. The second kappa shape index (κ2) is 5.08. The first kappa shape index (κ1) is 11.7. The highest BCUT2D eigenvalue weighted by molar-refractivity contribution is 6.31. The summed E-state index contributed by atoms with van der Waals surface area (Å²) in [6.07, 6.45) is 3.00. The van der Waals surface area contributed by atoms with E-state index in [0.29, 0.717) is 12.5 Å². The fourth-order valence-electron chi connectivity index (χ4n) is 2.27. The van der Waals surface area contributed by atoms with E-state index in [9.17, 15) is 0 Å². The average molecular weight is 263 g/mol. The van der Waals surface area contributed by atoms with E-state index in [1.54, 1.807) is 0 Å². The van der Waals surface area contributed by atoms with Crippen LogP contribution in [-0.4, -0.2) is 21.7 Å². The van der Waals surface area contributed by atoms with Gasteiger partial charge in [0.05, 0.1) is 6.04 Å². The lowest BCUT2D eigenvalue weighted by Gasteiger charge is -2.03. The number of halogens is 1. The molecule has 0 saturated carbocycles. The van der Waals surface area contributed by atoms with Crippen molar-refractivity contribution >= 4 is 11.6 Å². The molecule has 5 heteroatoms. The first-order valence-electron chi connectivity index (χ1n) is 6.21. The number of aromatic amines is 1. The summed E-state index contributed by atoms with van der Waals surface area (Å²) in [5.41, 5.74) is 1.07. The molecular formula is C13H15ClN4. The summed E-state index contributed by atoms with van der Waals surface area (Å²) >= 11 is 6.13. The van der Waals surface area contributed by atoms with Gasteiger partial charge >= 0.3 is 0 Å². The predicted molar refractivity (Wildman–Crippen MR) is 70.6 cm³/mol. The van der Waals surface area contributed by atoms with Crippen LogP contribution < -0.4 is 5.32 Å². The molecule has 1 aromatic carbocycles. The summed E-state index contributed by atoms with van der Waals surface area (Å²) in [5.74, 6) is 1.74. The van der Waals surface area contributed by atoms with Crippen LogP contribution in [0.15, 0.2) is 24.3 Å². The van der Waals surface area contributed by atoms with E-state index in [1.165, 1.54) is 6.42 Å². The van der Waals surface area contributed by atoms with Gasteiger partial charge in [-0.15, -0.1) is 0 Å². The van der Waals surface area contributed by atoms with Crippen molar-refractivity contribution in [2.75, 3.05) is 6.54 Å². The Morgan fingerprint density at radius 1 is 1.33 bits per heavy atom. The van der Waals surface area contributed by atoms with E-state index >= 15 is 0 Å². The molecule has 0 amide bonds. The van der Waals surface area contributed by atoms with Crippen molar-refractivity contribution in [3.63, 3.8) is 0 Å². The SMILES string of the molecule is Clc1ccccc1Cc1nc(C2CCCN2)n[nH]1. The van der Waals surface area contributed by atoms with Gasteiger partial charge < -0.3 is 5.32 Å². The summed E-state index contributed by atoms with van der Waals surface area (Å²) in [5, 5.41) is 11.4. The molecule has 1 aliphatic rings. The van der Waals surface area contributed by atoms with Gasteiger partial charge in [0.25, 0.3) is 0 Å². The third-order valence-corrected chi connectivity index (χ3v) is 3.61. The van der Waals surface area contributed by atoms with E-state index in [4.69, 9.17) is 11.6 Å². The first-order chi connectivity index (χ1) is 8.83. The van der Waals surface area contributed by atoms with Crippen molar-refractivity contribution in [1.29, 1.82) is 0 Å². The molecule has 1 unspecified atom stereocenters. The van der Waals surface area contributed by atoms with Crippen molar-refractivity contribution in [1.82, 2.24) is 20.5 Å². The second-order valence-electron chi connectivity index (χ2n) is 4.56. The molecule has 1 aliphatic heterocycles. The molecule has 3 rings (SSSR count). The van der Waals surface area contributed by atoms with E-state index in [-0.39, 0.29) is 0 Å². The Morgan fingerprint density at radius 3 is 3.00 bits per heavy atom. The van der Waals surface area contributed by atoms with Crippen LogP contribution in [0.5, 0.6) is 0 Å². The van der Waals surface area contributed by atoms with E-state index in [2.05, 4.69) is 20.5 Å². The van der Waals surface area contributed by atoms with Gasteiger partial charge in [-0.1, -0.05) is 29.8 Å². The second-order valence-corrected chi connectivity index (χ2v) is 4.96. The minimum atomic E-state index is 0.307. The Morgan fingerprint density at radius 2 is 2.22 bits per heavy atom. The minimum Gasteiger partial charge on any atom is -0.307 e. The maximum atomic E-state index is 6.13. The van der Waals surface area contributed by atoms with E-state index in [1.807, 2.05) is 24.3 Å². The lowest BCUT2D eigenvalue weighted by Crippen LogP contribution is -2.14. The van der Waals surface area contributed by atoms with Crippen molar-refractivity contribution in [2.45, 2.75) is 25.3 Å². The third-order valence-electron chi connectivity index (χ3n) is 3.24. The highest BCUT2D eigenvalue weighted by Gasteiger charge is 2.20. The number of benzene rings is 1. The Kier molecular flexibility index (Phi) is 3.30. The molecule has 0 bridgehead atoms. The predicted octanol–water partition coefficient (Wildman–Crippen LogP) is 2.47. The standard InChI is InChI=1S/C13H15ClN4/c14-10-5-2-1-4-9(10)8-12-16-13(18-17-12)11-6-3-7-15-11/h1-2,4-5,11,15H,3,6-8H2,(H,16,17,18). The maximum absolute atomic E-state index is 6.13. The molecule has 0 radical (unpaired) electrons. The quantitative estimate of drug-likeness (QED) is 0.894. The zero-order valence-electron chi connectivity index (χ0n) is 9.99. The summed E-state index contributed by atoms with van der Waals surface area (Å²) in [7, 11) is 0. The number of hydrogen-bond donors (Lipinski definition) is 2. The molecule has 2 N–H and O–H groups in total. The molecule has 1 fully saturated rings. The largest absolute Gasteiger partial charge is 0.307 e. The summed E-state index contributed by atoms with van der Waals surface area (Å²) in [6, 6.07) is 8.13. The fraction of sp³-hybridized carbons (Fsp3) is 0.385. The van der Waals surface area contributed by atoms with Crippen molar-refractivity contribution in [2.24, 2.45) is 0 Å². The monoisotopic (exact) mass is 262 g/mol. The van der Waals surface area contributed by atoms with Gasteiger partial charge in [0, 0.05) is 11.4 Å². The number of H-pyrrole nitrogens is 1. The van der Waals surface area contributed by atoms with Gasteiger partial charge in [0.15, 0.2) is 5.82 Å². The van der Waals surface area contributed by atoms with Crippen LogP contribution in [0.1, 0.15) is 36.1 Å². The van der Waals surface area contributed by atoms with Crippen LogP contribution in [0.25, 0.3) is 0 Å². The lowest BCUT2D eigenvalue weighted by atomic mass is 10.1. The van der Waals surface area contributed by atoms with Crippen molar-refractivity contribution in [3.8, 4) is 0 Å². The van der Waals surface area contributed by atoms with Crippen molar-refractivity contribution < 1.29 is 0 Å². The summed E-state index contributed by atoms with van der Waals surface area (Å²) in [4.78, 5) is 4.54. The Balaban J connectivity index is 1.75. The molecule has 4 nitrogen and oxygen atoms in total. The highest BCUT2D eigenvalue weighted by atomic mass is 35.5. The minimum absolute atomic E-state index is 0.307.